The number of hydrogen-bond acceptors (Lipinski definition) is 3. The Balaban J connectivity index is 1.51. The first-order chi connectivity index (χ1) is 11.8. The molecule has 0 saturated carbocycles. The number of aromatic nitrogens is 1. The van der Waals surface area contributed by atoms with Crippen molar-refractivity contribution in [2.45, 2.75) is 31.7 Å². The van der Waals surface area contributed by atoms with Gasteiger partial charge in [-0.3, -0.25) is 9.78 Å². The van der Waals surface area contributed by atoms with Crippen molar-refractivity contribution in [2.24, 2.45) is 0 Å². The Kier molecular flexibility index (Phi) is 4.20. The first-order valence-electron chi connectivity index (χ1n) is 8.86. The molecule has 0 bridgehead atoms. The van der Waals surface area contributed by atoms with Gasteiger partial charge in [-0.15, -0.1) is 0 Å². The highest BCUT2D eigenvalue weighted by Gasteiger charge is 2.30. The summed E-state index contributed by atoms with van der Waals surface area (Å²) in [7, 11) is 0. The summed E-state index contributed by atoms with van der Waals surface area (Å²) in [5.41, 5.74) is 3.59. The third-order valence-corrected chi connectivity index (χ3v) is 5.16. The van der Waals surface area contributed by atoms with Crippen LogP contribution >= 0.6 is 0 Å². The van der Waals surface area contributed by atoms with Crippen LogP contribution in [0.2, 0.25) is 0 Å². The van der Waals surface area contributed by atoms with Crippen LogP contribution in [0.1, 0.15) is 36.6 Å². The molecule has 4 nitrogen and oxygen atoms in total. The number of nitrogens with zero attached hydrogens (tertiary/aromatic N) is 3. The number of piperidine rings is 1. The summed E-state index contributed by atoms with van der Waals surface area (Å²) in [6.45, 7) is 2.25. The lowest BCUT2D eigenvalue weighted by Crippen LogP contribution is -2.44. The predicted octanol–water partition coefficient (Wildman–Crippen LogP) is 3.20. The number of rotatable bonds is 3. The number of anilines is 1. The Morgan fingerprint density at radius 2 is 1.96 bits per heavy atom. The molecule has 2 aliphatic heterocycles. The van der Waals surface area contributed by atoms with Gasteiger partial charge in [0.1, 0.15) is 0 Å². The number of benzene rings is 1. The Bertz CT molecular complexity index is 716. The largest absolute Gasteiger partial charge is 0.362 e. The minimum absolute atomic E-state index is 0.130. The maximum absolute atomic E-state index is 13.0. The second-order valence-electron chi connectivity index (χ2n) is 6.65. The fourth-order valence-corrected chi connectivity index (χ4v) is 3.94. The zero-order chi connectivity index (χ0) is 16.4. The van der Waals surface area contributed by atoms with Gasteiger partial charge < -0.3 is 9.80 Å². The van der Waals surface area contributed by atoms with E-state index in [2.05, 4.69) is 34.1 Å². The van der Waals surface area contributed by atoms with Crippen LogP contribution in [0.15, 0.2) is 48.7 Å². The Labute approximate surface area is 143 Å². The number of likely N-dealkylation sites (tertiary alicyclic amines) is 1. The van der Waals surface area contributed by atoms with Gasteiger partial charge in [-0.1, -0.05) is 24.3 Å². The van der Waals surface area contributed by atoms with Gasteiger partial charge in [0.05, 0.1) is 18.3 Å². The van der Waals surface area contributed by atoms with E-state index in [0.717, 1.165) is 44.5 Å². The lowest BCUT2D eigenvalue weighted by atomic mass is 9.98. The first-order valence-corrected chi connectivity index (χ1v) is 8.86. The van der Waals surface area contributed by atoms with E-state index in [1.807, 2.05) is 29.3 Å². The molecular weight excluding hydrogens is 298 g/mol. The molecule has 1 atom stereocenters. The third kappa shape index (κ3) is 2.88. The van der Waals surface area contributed by atoms with Crippen LogP contribution in [0, 0.1) is 0 Å². The van der Waals surface area contributed by atoms with E-state index >= 15 is 0 Å². The van der Waals surface area contributed by atoms with Crippen molar-refractivity contribution in [1.29, 1.82) is 0 Å². The highest BCUT2D eigenvalue weighted by atomic mass is 16.2. The zero-order valence-electron chi connectivity index (χ0n) is 13.9. The number of carbonyl (C=O) groups is 1. The summed E-state index contributed by atoms with van der Waals surface area (Å²) in [6.07, 6.45) is 6.12. The summed E-state index contributed by atoms with van der Waals surface area (Å²) >= 11 is 0. The molecule has 4 heteroatoms. The second-order valence-corrected chi connectivity index (χ2v) is 6.65. The minimum Gasteiger partial charge on any atom is -0.362 e. The van der Waals surface area contributed by atoms with Crippen molar-refractivity contribution in [1.82, 2.24) is 9.88 Å². The monoisotopic (exact) mass is 321 g/mol. The van der Waals surface area contributed by atoms with Crippen molar-refractivity contribution in [2.75, 3.05) is 24.5 Å². The van der Waals surface area contributed by atoms with Gasteiger partial charge in [0.25, 0.3) is 0 Å². The number of para-hydroxylation sites is 1. The Morgan fingerprint density at radius 1 is 1.08 bits per heavy atom. The van der Waals surface area contributed by atoms with Gasteiger partial charge in [-0.05, 0) is 49.4 Å². The summed E-state index contributed by atoms with van der Waals surface area (Å²) in [5.74, 6) is 0.224. The van der Waals surface area contributed by atoms with Gasteiger partial charge in [0, 0.05) is 25.0 Å². The molecular formula is C20H23N3O. The van der Waals surface area contributed by atoms with Gasteiger partial charge in [-0.25, -0.2) is 0 Å². The van der Waals surface area contributed by atoms with Crippen molar-refractivity contribution >= 4 is 11.6 Å². The Hall–Kier alpha value is -2.36. The Morgan fingerprint density at radius 3 is 2.83 bits per heavy atom. The molecule has 0 N–H and O–H groups in total. The maximum atomic E-state index is 13.0. The molecule has 1 aromatic heterocycles. The van der Waals surface area contributed by atoms with Crippen molar-refractivity contribution in [3.8, 4) is 0 Å². The zero-order valence-corrected chi connectivity index (χ0v) is 13.9. The van der Waals surface area contributed by atoms with Crippen LogP contribution in [-0.4, -0.2) is 35.4 Å². The third-order valence-electron chi connectivity index (χ3n) is 5.16. The average molecular weight is 321 g/mol. The van der Waals surface area contributed by atoms with E-state index in [4.69, 9.17) is 0 Å². The molecule has 1 amide bonds. The van der Waals surface area contributed by atoms with E-state index in [1.54, 1.807) is 0 Å². The van der Waals surface area contributed by atoms with Gasteiger partial charge in [0.15, 0.2) is 0 Å². The second kappa shape index (κ2) is 6.63. The molecule has 0 aliphatic carbocycles. The van der Waals surface area contributed by atoms with Gasteiger partial charge in [-0.2, -0.15) is 0 Å². The van der Waals surface area contributed by atoms with E-state index < -0.39 is 0 Å². The van der Waals surface area contributed by atoms with Crippen molar-refractivity contribution in [3.05, 3.63) is 59.9 Å². The summed E-state index contributed by atoms with van der Waals surface area (Å²) in [4.78, 5) is 21.8. The lowest BCUT2D eigenvalue weighted by Gasteiger charge is -2.36. The number of fused-ring (bicyclic) bond motifs is 1. The summed E-state index contributed by atoms with van der Waals surface area (Å²) in [6, 6.07) is 14.5. The van der Waals surface area contributed by atoms with Crippen molar-refractivity contribution < 1.29 is 4.79 Å². The number of pyridine rings is 1. The fraction of sp³-hybridized carbons (Fsp3) is 0.400. The van der Waals surface area contributed by atoms with Crippen LogP contribution < -0.4 is 4.90 Å². The summed E-state index contributed by atoms with van der Waals surface area (Å²) in [5, 5.41) is 0. The fourth-order valence-electron chi connectivity index (χ4n) is 3.94. The topological polar surface area (TPSA) is 36.4 Å². The molecule has 3 heterocycles. The van der Waals surface area contributed by atoms with E-state index in [9.17, 15) is 4.79 Å². The molecule has 1 fully saturated rings. The van der Waals surface area contributed by atoms with Crippen LogP contribution in [-0.2, 0) is 11.2 Å². The number of amides is 1. The number of carbonyl (C=O) groups excluding carboxylic acids is 1. The summed E-state index contributed by atoms with van der Waals surface area (Å²) < 4.78 is 0. The molecule has 4 rings (SSSR count). The highest BCUT2D eigenvalue weighted by Crippen LogP contribution is 2.31. The standard InChI is InChI=1S/C20H23N3O/c24-20(15-22-14-11-16-7-1-2-9-18(16)22)23-13-6-4-10-19(23)17-8-3-5-12-21-17/h1-3,5,7-9,12,19H,4,6,10-11,13-15H2/t19-/m0/s1. The molecule has 2 aromatic rings. The highest BCUT2D eigenvalue weighted by molar-refractivity contribution is 5.83. The maximum Gasteiger partial charge on any atom is 0.242 e. The van der Waals surface area contributed by atoms with Crippen LogP contribution in [0.4, 0.5) is 5.69 Å². The van der Waals surface area contributed by atoms with Gasteiger partial charge in [0.2, 0.25) is 5.91 Å². The van der Waals surface area contributed by atoms with Gasteiger partial charge >= 0.3 is 0 Å². The lowest BCUT2D eigenvalue weighted by molar-refractivity contribution is -0.133. The molecule has 1 aromatic carbocycles. The SMILES string of the molecule is O=C(CN1CCc2ccccc21)N1CCCC[C@H]1c1ccccn1. The normalized spacial score (nSPS) is 20.1. The number of hydrogen-bond donors (Lipinski definition) is 0. The molecule has 1 saturated heterocycles. The molecule has 24 heavy (non-hydrogen) atoms. The molecule has 0 radical (unpaired) electrons. The molecule has 0 unspecified atom stereocenters. The predicted molar refractivity (Wildman–Crippen MR) is 94.9 cm³/mol. The molecule has 0 spiro atoms. The molecule has 2 aliphatic rings. The average Bonchev–Trinajstić information content (AvgIpc) is 3.05. The minimum atomic E-state index is 0.130. The van der Waals surface area contributed by atoms with Crippen LogP contribution in [0.3, 0.4) is 0 Å². The smallest absolute Gasteiger partial charge is 0.242 e. The quantitative estimate of drug-likeness (QED) is 0.871. The van der Waals surface area contributed by atoms with E-state index in [-0.39, 0.29) is 11.9 Å². The van der Waals surface area contributed by atoms with E-state index in [0.29, 0.717) is 6.54 Å². The van der Waals surface area contributed by atoms with Crippen LogP contribution in [0.25, 0.3) is 0 Å². The van der Waals surface area contributed by atoms with E-state index in [1.165, 1.54) is 11.3 Å². The van der Waals surface area contributed by atoms with Crippen molar-refractivity contribution in [3.63, 3.8) is 0 Å². The molecule has 124 valence electrons. The first kappa shape index (κ1) is 15.2. The van der Waals surface area contributed by atoms with Crippen LogP contribution in [0.5, 0.6) is 0 Å².